The third kappa shape index (κ3) is 11.5. The molecule has 0 saturated carbocycles. The van der Waals surface area contributed by atoms with Crippen molar-refractivity contribution in [2.45, 2.75) is 91.9 Å². The lowest BCUT2D eigenvalue weighted by Crippen LogP contribution is -2.58. The van der Waals surface area contributed by atoms with Gasteiger partial charge in [-0.15, -0.1) is 0 Å². The van der Waals surface area contributed by atoms with Gasteiger partial charge < -0.3 is 35.8 Å². The van der Waals surface area contributed by atoms with E-state index in [2.05, 4.69) is 31.7 Å². The number of hydrogen-bond acceptors (Lipinski definition) is 9. The predicted octanol–water partition coefficient (Wildman–Crippen LogP) is 0.903. The third-order valence-electron chi connectivity index (χ3n) is 6.97. The van der Waals surface area contributed by atoms with E-state index in [-0.39, 0.29) is 48.8 Å². The summed E-state index contributed by atoms with van der Waals surface area (Å²) in [4.78, 5) is 76.4. The Labute approximate surface area is 257 Å². The van der Waals surface area contributed by atoms with Gasteiger partial charge in [0.15, 0.2) is 5.69 Å². The maximum absolute atomic E-state index is 13.5. The van der Waals surface area contributed by atoms with Crippen molar-refractivity contribution in [3.63, 3.8) is 0 Å². The normalized spacial score (nSPS) is 17.5. The second-order valence-corrected chi connectivity index (χ2v) is 11.7. The molecule has 2 heterocycles. The number of aryl methyl sites for hydroxylation is 1. The topological polar surface area (TPSA) is 198 Å². The number of nitrogens with zero attached hydrogens (tertiary/aromatic N) is 1. The van der Waals surface area contributed by atoms with Gasteiger partial charge in [-0.05, 0) is 51.9 Å². The van der Waals surface area contributed by atoms with Crippen molar-refractivity contribution in [1.82, 2.24) is 31.7 Å². The van der Waals surface area contributed by atoms with E-state index < -0.39 is 53.8 Å². The molecule has 5 atom stereocenters. The Morgan fingerprint density at radius 2 is 1.75 bits per heavy atom. The van der Waals surface area contributed by atoms with Gasteiger partial charge in [0.25, 0.3) is 5.91 Å². The molecule has 244 valence electrons. The maximum atomic E-state index is 13.5. The summed E-state index contributed by atoms with van der Waals surface area (Å²) in [5.74, 6) is -3.23. The second kappa shape index (κ2) is 17.2. The molecule has 0 spiro atoms. The third-order valence-corrected chi connectivity index (χ3v) is 6.97. The molecule has 1 aliphatic heterocycles. The molecule has 0 aromatic carbocycles. The average Bonchev–Trinajstić information content (AvgIpc) is 3.56. The Kier molecular flexibility index (Phi) is 14.0. The molecular formula is C30H46N6O8. The number of esters is 1. The molecule has 0 bridgehead atoms. The van der Waals surface area contributed by atoms with Crippen LogP contribution in [0.4, 0.5) is 0 Å². The van der Waals surface area contributed by atoms with E-state index in [1.807, 2.05) is 13.8 Å². The highest BCUT2D eigenvalue weighted by molar-refractivity contribution is 5.97. The minimum atomic E-state index is -1.01. The smallest absolute Gasteiger partial charge is 0.330 e. The van der Waals surface area contributed by atoms with Crippen molar-refractivity contribution in [2.75, 3.05) is 13.2 Å². The second-order valence-electron chi connectivity index (χ2n) is 11.7. The van der Waals surface area contributed by atoms with E-state index in [0.717, 1.165) is 0 Å². The minimum absolute atomic E-state index is 0.0164. The van der Waals surface area contributed by atoms with E-state index in [9.17, 15) is 28.8 Å². The highest BCUT2D eigenvalue weighted by atomic mass is 16.5. The number of nitrogens with one attached hydrogen (secondary N) is 5. The first-order valence-corrected chi connectivity index (χ1v) is 15.0. The average molecular weight is 619 g/mol. The van der Waals surface area contributed by atoms with Crippen molar-refractivity contribution >= 4 is 35.5 Å². The number of hydrogen-bond donors (Lipinski definition) is 5. The Bertz CT molecular complexity index is 1210. The number of amides is 5. The molecule has 0 aliphatic carbocycles. The van der Waals surface area contributed by atoms with Gasteiger partial charge in [-0.1, -0.05) is 38.9 Å². The van der Waals surface area contributed by atoms with Crippen molar-refractivity contribution in [3.8, 4) is 0 Å². The number of rotatable bonds is 16. The van der Waals surface area contributed by atoms with Crippen molar-refractivity contribution < 1.29 is 38.0 Å². The van der Waals surface area contributed by atoms with Crippen LogP contribution in [0.3, 0.4) is 0 Å². The van der Waals surface area contributed by atoms with Gasteiger partial charge in [0.1, 0.15) is 23.9 Å². The quantitative estimate of drug-likeness (QED) is 0.132. The van der Waals surface area contributed by atoms with E-state index in [1.165, 1.54) is 25.1 Å². The molecule has 5 amide bonds. The lowest BCUT2D eigenvalue weighted by molar-refractivity contribution is -0.137. The van der Waals surface area contributed by atoms with E-state index in [1.54, 1.807) is 27.7 Å². The molecule has 14 heteroatoms. The summed E-state index contributed by atoms with van der Waals surface area (Å²) in [6.07, 6.45) is 3.85. The van der Waals surface area contributed by atoms with Crippen LogP contribution in [0.25, 0.3) is 0 Å². The zero-order valence-corrected chi connectivity index (χ0v) is 26.5. The molecule has 14 nitrogen and oxygen atoms in total. The predicted molar refractivity (Wildman–Crippen MR) is 160 cm³/mol. The van der Waals surface area contributed by atoms with E-state index in [0.29, 0.717) is 18.7 Å². The molecule has 44 heavy (non-hydrogen) atoms. The number of carbonyl (C=O) groups excluding carboxylic acids is 6. The first-order chi connectivity index (χ1) is 20.7. The highest BCUT2D eigenvalue weighted by Crippen LogP contribution is 2.18. The van der Waals surface area contributed by atoms with Crippen molar-refractivity contribution in [1.29, 1.82) is 0 Å². The summed E-state index contributed by atoms with van der Waals surface area (Å²) >= 11 is 0. The van der Waals surface area contributed by atoms with Gasteiger partial charge in [-0.25, -0.2) is 4.79 Å². The molecular weight excluding hydrogens is 572 g/mol. The lowest BCUT2D eigenvalue weighted by atomic mass is 9.96. The van der Waals surface area contributed by atoms with Gasteiger partial charge in [0.2, 0.25) is 23.6 Å². The molecule has 0 radical (unpaired) electrons. The van der Waals surface area contributed by atoms with Gasteiger partial charge >= 0.3 is 5.97 Å². The first kappa shape index (κ1) is 36.0. The minimum Gasteiger partial charge on any atom is -0.463 e. The van der Waals surface area contributed by atoms with Crippen LogP contribution < -0.4 is 26.6 Å². The highest BCUT2D eigenvalue weighted by Gasteiger charge is 2.33. The largest absolute Gasteiger partial charge is 0.463 e. The van der Waals surface area contributed by atoms with Crippen LogP contribution in [0.15, 0.2) is 22.7 Å². The number of ether oxygens (including phenoxy) is 1. The van der Waals surface area contributed by atoms with Gasteiger partial charge in [-0.3, -0.25) is 24.0 Å². The fraction of sp³-hybridized carbons (Fsp3) is 0.633. The summed E-state index contributed by atoms with van der Waals surface area (Å²) in [5, 5.41) is 17.2. The number of aromatic nitrogens is 1. The standard InChI is InChI=1S/C30H46N6O8/c1-8-43-24(37)10-9-21(15-20-11-12-31-27(20)39)33-28(40)22(13-16(2)3)34-30(42)25(17(4)5)35-26(38)19(7)32-29(41)23-14-18(6)44-36-23/h9-10,14,16-17,19-22,25H,8,11-13,15H2,1-7H3,(H,31,39)(H,32,41)(H,33,40)(H,34,42)(H,35,38)/b10-9+/t19?,20-,21?,22?,25?/m0/s1. The molecule has 2 rings (SSSR count). The number of carbonyl (C=O) groups is 6. The van der Waals surface area contributed by atoms with Gasteiger partial charge in [-0.2, -0.15) is 0 Å². The van der Waals surface area contributed by atoms with E-state index >= 15 is 0 Å². The molecule has 1 fully saturated rings. The van der Waals surface area contributed by atoms with E-state index in [4.69, 9.17) is 9.26 Å². The van der Waals surface area contributed by atoms with Crippen LogP contribution in [-0.4, -0.2) is 78.0 Å². The van der Waals surface area contributed by atoms with Crippen molar-refractivity contribution in [2.24, 2.45) is 17.8 Å². The van der Waals surface area contributed by atoms with Crippen LogP contribution in [0.2, 0.25) is 0 Å². The Morgan fingerprint density at radius 1 is 1.05 bits per heavy atom. The van der Waals surface area contributed by atoms with Crippen LogP contribution in [0.1, 0.15) is 77.1 Å². The van der Waals surface area contributed by atoms with Crippen LogP contribution in [0.5, 0.6) is 0 Å². The fourth-order valence-corrected chi connectivity index (χ4v) is 4.62. The van der Waals surface area contributed by atoms with Crippen LogP contribution >= 0.6 is 0 Å². The summed E-state index contributed by atoms with van der Waals surface area (Å²) in [5.41, 5.74) is 0.0202. The van der Waals surface area contributed by atoms with Crippen LogP contribution in [-0.2, 0) is 28.7 Å². The van der Waals surface area contributed by atoms with Crippen LogP contribution in [0, 0.1) is 24.7 Å². The molecule has 4 unspecified atom stereocenters. The summed E-state index contributed by atoms with van der Waals surface area (Å²) in [6, 6.07) is -2.22. The summed E-state index contributed by atoms with van der Waals surface area (Å²) in [7, 11) is 0. The molecule has 5 N–H and O–H groups in total. The Hall–Kier alpha value is -4.23. The monoisotopic (exact) mass is 618 g/mol. The fourth-order valence-electron chi connectivity index (χ4n) is 4.62. The lowest BCUT2D eigenvalue weighted by Gasteiger charge is -2.28. The first-order valence-electron chi connectivity index (χ1n) is 15.0. The summed E-state index contributed by atoms with van der Waals surface area (Å²) < 4.78 is 9.84. The Morgan fingerprint density at radius 3 is 2.30 bits per heavy atom. The zero-order valence-electron chi connectivity index (χ0n) is 26.5. The molecule has 1 aromatic heterocycles. The SMILES string of the molecule is CCOC(=O)/C=C/C(C[C@@H]1CCNC1=O)NC(=O)C(CC(C)C)NC(=O)C(NC(=O)C(C)NC(=O)c1cc(C)on1)C(C)C. The van der Waals surface area contributed by atoms with Gasteiger partial charge in [0.05, 0.1) is 6.61 Å². The molecule has 1 saturated heterocycles. The van der Waals surface area contributed by atoms with Gasteiger partial charge in [0, 0.05) is 30.6 Å². The Balaban J connectivity index is 2.13. The zero-order chi connectivity index (χ0) is 33.0. The summed E-state index contributed by atoms with van der Waals surface area (Å²) in [6.45, 7) is 12.8. The van der Waals surface area contributed by atoms with Crippen molar-refractivity contribution in [3.05, 3.63) is 29.7 Å². The molecule has 1 aliphatic rings. The molecule has 1 aromatic rings. The maximum Gasteiger partial charge on any atom is 0.330 e.